The quantitative estimate of drug-likeness (QED) is 0.267. The predicted octanol–water partition coefficient (Wildman–Crippen LogP) is 6.78. The summed E-state index contributed by atoms with van der Waals surface area (Å²) in [5.74, 6) is 1.28. The van der Waals surface area contributed by atoms with Crippen LogP contribution in [-0.2, 0) is 13.3 Å². The lowest BCUT2D eigenvalue weighted by Crippen LogP contribution is -2.11. The van der Waals surface area contributed by atoms with Crippen molar-refractivity contribution in [2.24, 2.45) is 0 Å². The Morgan fingerprint density at radius 2 is 1.68 bits per heavy atom. The van der Waals surface area contributed by atoms with E-state index in [4.69, 9.17) is 21.1 Å². The highest BCUT2D eigenvalue weighted by molar-refractivity contribution is 9.10. The molecule has 0 saturated heterocycles. The number of hydrogen-bond acceptors (Lipinski definition) is 4. The van der Waals surface area contributed by atoms with Crippen molar-refractivity contribution in [2.45, 2.75) is 27.2 Å². The minimum absolute atomic E-state index is 0.218. The summed E-state index contributed by atoms with van der Waals surface area (Å²) < 4.78 is 14.2. The molecule has 0 aliphatic rings. The van der Waals surface area contributed by atoms with Crippen molar-refractivity contribution in [3.8, 4) is 11.5 Å². The lowest BCUT2D eigenvalue weighted by atomic mass is 10.1. The van der Waals surface area contributed by atoms with E-state index in [1.807, 2.05) is 62.4 Å². The summed E-state index contributed by atoms with van der Waals surface area (Å²) in [7, 11) is 0. The van der Waals surface area contributed by atoms with Crippen molar-refractivity contribution >= 4 is 39.1 Å². The van der Waals surface area contributed by atoms with Gasteiger partial charge in [0.25, 0.3) is 5.91 Å². The second kappa shape index (κ2) is 10.8. The first-order valence-electron chi connectivity index (χ1n) is 10.6. The Morgan fingerprint density at radius 3 is 2.35 bits per heavy atom. The minimum atomic E-state index is -0.218. The number of rotatable bonds is 8. The summed E-state index contributed by atoms with van der Waals surface area (Å²) >= 11 is 9.60. The van der Waals surface area contributed by atoms with E-state index in [1.54, 1.807) is 29.2 Å². The molecule has 0 unspecified atom stereocenters. The molecule has 4 rings (SSSR count). The summed E-state index contributed by atoms with van der Waals surface area (Å²) in [6.45, 7) is 4.54. The maximum absolute atomic E-state index is 12.6. The summed E-state index contributed by atoms with van der Waals surface area (Å²) in [6, 6.07) is 18.7. The smallest absolute Gasteiger partial charge is 0.255 e. The average Bonchev–Trinajstić information content (AvgIpc) is 3.28. The molecule has 6 nitrogen and oxygen atoms in total. The van der Waals surface area contributed by atoms with Gasteiger partial charge in [-0.2, -0.15) is 5.10 Å². The van der Waals surface area contributed by atoms with Gasteiger partial charge >= 0.3 is 0 Å². The summed E-state index contributed by atoms with van der Waals surface area (Å²) in [6.07, 6.45) is 3.30. The van der Waals surface area contributed by atoms with Crippen LogP contribution in [0.4, 0.5) is 5.69 Å². The summed E-state index contributed by atoms with van der Waals surface area (Å²) in [4.78, 5) is 12.6. The molecule has 34 heavy (non-hydrogen) atoms. The van der Waals surface area contributed by atoms with Crippen LogP contribution in [0.1, 0.15) is 27.0 Å². The molecule has 0 spiro atoms. The number of benzene rings is 3. The predicted molar refractivity (Wildman–Crippen MR) is 137 cm³/mol. The standard InChI is InChI=1S/C26H23BrClN3O3/c1-17-11-24(12-18(2)25(17)28)33-15-19-3-5-20(6-4-19)26(32)30-22-13-29-31(14-22)16-34-23-9-7-21(27)8-10-23/h3-14H,15-16H2,1-2H3,(H,30,32). The number of nitrogens with one attached hydrogen (secondary N) is 1. The molecule has 1 N–H and O–H groups in total. The molecule has 0 saturated carbocycles. The van der Waals surface area contributed by atoms with Crippen molar-refractivity contribution in [1.29, 1.82) is 0 Å². The molecule has 1 heterocycles. The van der Waals surface area contributed by atoms with Crippen LogP contribution in [0.5, 0.6) is 11.5 Å². The van der Waals surface area contributed by atoms with E-state index in [0.717, 1.165) is 37.7 Å². The van der Waals surface area contributed by atoms with Crippen LogP contribution in [0.2, 0.25) is 5.02 Å². The molecule has 1 aromatic heterocycles. The number of aryl methyl sites for hydroxylation is 2. The number of aromatic nitrogens is 2. The van der Waals surface area contributed by atoms with Gasteiger partial charge in [-0.15, -0.1) is 0 Å². The Kier molecular flexibility index (Phi) is 7.55. The number of carbonyl (C=O) groups excluding carboxylic acids is 1. The van der Waals surface area contributed by atoms with Crippen LogP contribution in [0, 0.1) is 13.8 Å². The van der Waals surface area contributed by atoms with Crippen molar-refractivity contribution in [3.63, 3.8) is 0 Å². The van der Waals surface area contributed by atoms with E-state index in [-0.39, 0.29) is 12.6 Å². The van der Waals surface area contributed by atoms with Crippen molar-refractivity contribution in [2.75, 3.05) is 5.32 Å². The molecule has 0 atom stereocenters. The van der Waals surface area contributed by atoms with E-state index < -0.39 is 0 Å². The van der Waals surface area contributed by atoms with Gasteiger partial charge in [0, 0.05) is 15.1 Å². The third kappa shape index (κ3) is 6.18. The van der Waals surface area contributed by atoms with E-state index in [9.17, 15) is 4.79 Å². The Bertz CT molecular complexity index is 1260. The van der Waals surface area contributed by atoms with Gasteiger partial charge in [-0.1, -0.05) is 39.7 Å². The maximum Gasteiger partial charge on any atom is 0.255 e. The molecule has 0 radical (unpaired) electrons. The third-order valence-electron chi connectivity index (χ3n) is 5.10. The molecule has 1 amide bonds. The van der Waals surface area contributed by atoms with Crippen LogP contribution in [0.3, 0.4) is 0 Å². The van der Waals surface area contributed by atoms with Gasteiger partial charge in [-0.05, 0) is 79.1 Å². The second-order valence-corrected chi connectivity index (χ2v) is 9.10. The molecule has 0 aliphatic carbocycles. The van der Waals surface area contributed by atoms with Crippen molar-refractivity contribution in [3.05, 3.63) is 105 Å². The first kappa shape index (κ1) is 23.9. The average molecular weight is 541 g/mol. The van der Waals surface area contributed by atoms with E-state index in [1.165, 1.54) is 0 Å². The number of hydrogen-bond donors (Lipinski definition) is 1. The zero-order chi connectivity index (χ0) is 24.1. The van der Waals surface area contributed by atoms with Gasteiger partial charge in [0.2, 0.25) is 0 Å². The fourth-order valence-electron chi connectivity index (χ4n) is 3.28. The van der Waals surface area contributed by atoms with Gasteiger partial charge in [-0.3, -0.25) is 4.79 Å². The maximum atomic E-state index is 12.6. The summed E-state index contributed by atoms with van der Waals surface area (Å²) in [5, 5.41) is 7.83. The molecule has 174 valence electrons. The Morgan fingerprint density at radius 1 is 1.00 bits per heavy atom. The number of ether oxygens (including phenoxy) is 2. The Labute approximate surface area is 211 Å². The van der Waals surface area contributed by atoms with Crippen LogP contribution in [-0.4, -0.2) is 15.7 Å². The van der Waals surface area contributed by atoms with Gasteiger partial charge in [0.1, 0.15) is 18.1 Å². The summed E-state index contributed by atoms with van der Waals surface area (Å²) in [5.41, 5.74) is 4.05. The molecule has 0 bridgehead atoms. The topological polar surface area (TPSA) is 65.4 Å². The number of halogens is 2. The second-order valence-electron chi connectivity index (χ2n) is 7.81. The van der Waals surface area contributed by atoms with Crippen molar-refractivity contribution < 1.29 is 14.3 Å². The minimum Gasteiger partial charge on any atom is -0.489 e. The molecule has 3 aromatic carbocycles. The van der Waals surface area contributed by atoms with Crippen LogP contribution >= 0.6 is 27.5 Å². The largest absolute Gasteiger partial charge is 0.489 e. The van der Waals surface area contributed by atoms with Crippen LogP contribution in [0.15, 0.2) is 77.5 Å². The molecule has 8 heteroatoms. The normalized spacial score (nSPS) is 10.7. The van der Waals surface area contributed by atoms with Gasteiger partial charge in [0.05, 0.1) is 18.1 Å². The molecular formula is C26H23BrClN3O3. The van der Waals surface area contributed by atoms with Gasteiger partial charge < -0.3 is 14.8 Å². The van der Waals surface area contributed by atoms with E-state index in [2.05, 4.69) is 26.3 Å². The highest BCUT2D eigenvalue weighted by atomic mass is 79.9. The number of amides is 1. The van der Waals surface area contributed by atoms with E-state index in [0.29, 0.717) is 17.9 Å². The first-order valence-corrected chi connectivity index (χ1v) is 11.7. The highest BCUT2D eigenvalue weighted by Gasteiger charge is 2.09. The molecule has 0 fully saturated rings. The van der Waals surface area contributed by atoms with Crippen molar-refractivity contribution in [1.82, 2.24) is 9.78 Å². The van der Waals surface area contributed by atoms with Gasteiger partial charge in [-0.25, -0.2) is 4.68 Å². The zero-order valence-electron chi connectivity index (χ0n) is 18.7. The first-order chi connectivity index (χ1) is 16.4. The fraction of sp³-hybridized carbons (Fsp3) is 0.154. The number of anilines is 1. The Hall–Kier alpha value is -3.29. The van der Waals surface area contributed by atoms with Crippen LogP contribution < -0.4 is 14.8 Å². The molecule has 4 aromatic rings. The number of nitrogens with zero attached hydrogens (tertiary/aromatic N) is 2. The van der Waals surface area contributed by atoms with E-state index >= 15 is 0 Å². The highest BCUT2D eigenvalue weighted by Crippen LogP contribution is 2.26. The molecule has 0 aliphatic heterocycles. The molecular weight excluding hydrogens is 518 g/mol. The fourth-order valence-corrected chi connectivity index (χ4v) is 3.66. The zero-order valence-corrected chi connectivity index (χ0v) is 21.1. The lowest BCUT2D eigenvalue weighted by Gasteiger charge is -2.10. The SMILES string of the molecule is Cc1cc(OCc2ccc(C(=O)Nc3cnn(COc4ccc(Br)cc4)c3)cc2)cc(C)c1Cl. The van der Waals surface area contributed by atoms with Gasteiger partial charge in [0.15, 0.2) is 6.73 Å². The third-order valence-corrected chi connectivity index (χ3v) is 6.22. The van der Waals surface area contributed by atoms with Crippen LogP contribution in [0.25, 0.3) is 0 Å². The monoisotopic (exact) mass is 539 g/mol. The lowest BCUT2D eigenvalue weighted by molar-refractivity contribution is 0.102. The number of carbonyl (C=O) groups is 1. The Balaban J connectivity index is 1.29.